The van der Waals surface area contributed by atoms with Crippen LogP contribution in [0.15, 0.2) is 29.5 Å². The number of methoxy groups -OCH3 is 2. The van der Waals surface area contributed by atoms with Gasteiger partial charge in [-0.1, -0.05) is 5.10 Å². The lowest BCUT2D eigenvalue weighted by Gasteiger charge is -2.32. The van der Waals surface area contributed by atoms with Gasteiger partial charge in [0.2, 0.25) is 5.95 Å². The zero-order valence-electron chi connectivity index (χ0n) is 13.4. The summed E-state index contributed by atoms with van der Waals surface area (Å²) in [6.07, 6.45) is 2.18. The molecule has 0 spiro atoms. The summed E-state index contributed by atoms with van der Waals surface area (Å²) in [6.45, 7) is 0. The predicted molar refractivity (Wildman–Crippen MR) is 85.0 cm³/mol. The molecule has 0 bridgehead atoms. The Morgan fingerprint density at radius 1 is 1.25 bits per heavy atom. The van der Waals surface area contributed by atoms with E-state index < -0.39 is 6.04 Å². The van der Waals surface area contributed by atoms with Crippen molar-refractivity contribution in [2.24, 2.45) is 0 Å². The summed E-state index contributed by atoms with van der Waals surface area (Å²) in [5.41, 5.74) is 2.44. The number of carbonyl (C=O) groups is 1. The number of anilines is 1. The minimum absolute atomic E-state index is 0.118. The van der Waals surface area contributed by atoms with Crippen LogP contribution in [-0.2, 0) is 4.79 Å². The van der Waals surface area contributed by atoms with E-state index >= 15 is 0 Å². The number of ether oxygens (including phenoxy) is 2. The number of fused-ring (bicyclic) bond motifs is 1. The van der Waals surface area contributed by atoms with Crippen LogP contribution in [0.2, 0.25) is 0 Å². The van der Waals surface area contributed by atoms with Gasteiger partial charge in [0.15, 0.2) is 5.78 Å². The highest BCUT2D eigenvalue weighted by atomic mass is 16.5. The van der Waals surface area contributed by atoms with E-state index in [9.17, 15) is 4.79 Å². The molecule has 4 rings (SSSR count). The van der Waals surface area contributed by atoms with Gasteiger partial charge in [0.1, 0.15) is 17.5 Å². The van der Waals surface area contributed by atoms with Gasteiger partial charge >= 0.3 is 0 Å². The van der Waals surface area contributed by atoms with Crippen molar-refractivity contribution in [2.45, 2.75) is 25.3 Å². The van der Waals surface area contributed by atoms with Gasteiger partial charge in [-0.05, 0) is 35.4 Å². The summed E-state index contributed by atoms with van der Waals surface area (Å²) in [4.78, 5) is 12.6. The maximum Gasteiger partial charge on any atom is 0.248 e. The average molecular weight is 327 g/mol. The van der Waals surface area contributed by atoms with Crippen molar-refractivity contribution in [3.8, 4) is 11.5 Å². The number of allylic oxidation sites excluding steroid dienone is 2. The van der Waals surface area contributed by atoms with Crippen molar-refractivity contribution in [1.82, 2.24) is 20.2 Å². The van der Waals surface area contributed by atoms with Crippen molar-refractivity contribution in [3.63, 3.8) is 0 Å². The molecule has 2 aliphatic rings. The summed E-state index contributed by atoms with van der Waals surface area (Å²) in [7, 11) is 3.20. The Labute approximate surface area is 138 Å². The van der Waals surface area contributed by atoms with E-state index in [1.165, 1.54) is 0 Å². The van der Waals surface area contributed by atoms with Crippen molar-refractivity contribution >= 4 is 11.7 Å². The molecule has 1 aliphatic carbocycles. The Balaban J connectivity index is 1.92. The third kappa shape index (κ3) is 2.14. The molecule has 0 amide bonds. The first-order valence-electron chi connectivity index (χ1n) is 7.76. The zero-order chi connectivity index (χ0) is 16.7. The Hall–Kier alpha value is -2.90. The molecule has 1 unspecified atom stereocenters. The molecule has 0 fully saturated rings. The van der Waals surface area contributed by atoms with E-state index in [0.29, 0.717) is 29.4 Å². The van der Waals surface area contributed by atoms with E-state index in [1.54, 1.807) is 25.0 Å². The quantitative estimate of drug-likeness (QED) is 0.917. The molecule has 1 aromatic carbocycles. The van der Waals surface area contributed by atoms with Gasteiger partial charge in [-0.25, -0.2) is 0 Å². The van der Waals surface area contributed by atoms with E-state index in [2.05, 4.69) is 20.8 Å². The standard InChI is InChI=1S/C16H17N5O3/c1-23-9-6-7-10(13(8-9)24-2)15-14-11(4-3-5-12(14)22)17-16-18-19-20-21(15)16/h6-8,15H,3-5H2,1-2H3,(H,17,18,20). The Bertz CT molecular complexity index is 842. The fourth-order valence-electron chi connectivity index (χ4n) is 3.35. The number of aromatic nitrogens is 4. The van der Waals surface area contributed by atoms with Crippen molar-refractivity contribution in [2.75, 3.05) is 19.5 Å². The van der Waals surface area contributed by atoms with Crippen LogP contribution < -0.4 is 14.8 Å². The van der Waals surface area contributed by atoms with Crippen LogP contribution in [-0.4, -0.2) is 40.2 Å². The number of Topliss-reactive ketones (excluding diaryl/α,β-unsaturated/α-hetero) is 1. The number of carbonyl (C=O) groups excluding carboxylic acids is 1. The molecule has 1 atom stereocenters. The summed E-state index contributed by atoms with van der Waals surface area (Å²) in [5, 5.41) is 15.0. The molecule has 0 saturated heterocycles. The molecule has 24 heavy (non-hydrogen) atoms. The molecule has 1 N–H and O–H groups in total. The SMILES string of the molecule is COc1ccc(C2C3=C(CCCC3=O)Nc3nnnn32)c(OC)c1. The Kier molecular flexibility index (Phi) is 3.44. The fourth-order valence-corrected chi connectivity index (χ4v) is 3.35. The number of benzene rings is 1. The number of tetrazole rings is 1. The van der Waals surface area contributed by atoms with Crippen LogP contribution in [0.25, 0.3) is 0 Å². The highest BCUT2D eigenvalue weighted by Gasteiger charge is 2.37. The number of nitrogens with zero attached hydrogens (tertiary/aromatic N) is 4. The Morgan fingerprint density at radius 2 is 2.12 bits per heavy atom. The molecule has 2 heterocycles. The van der Waals surface area contributed by atoms with E-state index in [0.717, 1.165) is 24.1 Å². The summed E-state index contributed by atoms with van der Waals surface area (Å²) >= 11 is 0. The van der Waals surface area contributed by atoms with Crippen LogP contribution in [0.1, 0.15) is 30.9 Å². The molecule has 124 valence electrons. The molecule has 8 nitrogen and oxygen atoms in total. The number of hydrogen-bond acceptors (Lipinski definition) is 7. The summed E-state index contributed by atoms with van der Waals surface area (Å²) in [5.74, 6) is 1.97. The van der Waals surface area contributed by atoms with Crippen LogP contribution in [0.3, 0.4) is 0 Å². The second kappa shape index (κ2) is 5.63. The van der Waals surface area contributed by atoms with Gasteiger partial charge in [-0.3, -0.25) is 4.79 Å². The highest BCUT2D eigenvalue weighted by Crippen LogP contribution is 2.42. The topological polar surface area (TPSA) is 91.2 Å². The van der Waals surface area contributed by atoms with Gasteiger partial charge < -0.3 is 14.8 Å². The molecular formula is C16H17N5O3. The lowest BCUT2D eigenvalue weighted by atomic mass is 9.85. The number of ketones is 1. The maximum atomic E-state index is 12.6. The molecule has 0 radical (unpaired) electrons. The molecule has 8 heteroatoms. The number of rotatable bonds is 3. The second-order valence-electron chi connectivity index (χ2n) is 5.75. The van der Waals surface area contributed by atoms with Gasteiger partial charge in [0.25, 0.3) is 0 Å². The van der Waals surface area contributed by atoms with Gasteiger partial charge in [0.05, 0.1) is 14.2 Å². The normalized spacial score (nSPS) is 19.4. The van der Waals surface area contributed by atoms with Gasteiger partial charge in [-0.2, -0.15) is 4.68 Å². The first-order chi connectivity index (χ1) is 11.7. The van der Waals surface area contributed by atoms with Gasteiger partial charge in [0, 0.05) is 29.3 Å². The smallest absolute Gasteiger partial charge is 0.248 e. The first kappa shape index (κ1) is 14.7. The molecule has 1 aliphatic heterocycles. The van der Waals surface area contributed by atoms with E-state index in [1.807, 2.05) is 12.1 Å². The fraction of sp³-hybridized carbons (Fsp3) is 0.375. The van der Waals surface area contributed by atoms with Crippen LogP contribution in [0.4, 0.5) is 5.95 Å². The van der Waals surface area contributed by atoms with Crippen molar-refractivity contribution in [1.29, 1.82) is 0 Å². The number of hydrogen-bond donors (Lipinski definition) is 1. The highest BCUT2D eigenvalue weighted by molar-refractivity contribution is 5.99. The minimum atomic E-state index is -0.403. The third-order valence-corrected chi connectivity index (χ3v) is 4.46. The monoisotopic (exact) mass is 327 g/mol. The lowest BCUT2D eigenvalue weighted by molar-refractivity contribution is -0.116. The first-order valence-corrected chi connectivity index (χ1v) is 7.76. The van der Waals surface area contributed by atoms with Crippen LogP contribution in [0, 0.1) is 0 Å². The maximum absolute atomic E-state index is 12.6. The predicted octanol–water partition coefficient (Wildman–Crippen LogP) is 1.71. The molecular weight excluding hydrogens is 310 g/mol. The van der Waals surface area contributed by atoms with E-state index in [4.69, 9.17) is 9.47 Å². The van der Waals surface area contributed by atoms with Crippen molar-refractivity contribution in [3.05, 3.63) is 35.0 Å². The Morgan fingerprint density at radius 3 is 2.92 bits per heavy atom. The summed E-state index contributed by atoms with van der Waals surface area (Å²) < 4.78 is 12.4. The average Bonchev–Trinajstić information content (AvgIpc) is 3.07. The summed E-state index contributed by atoms with van der Waals surface area (Å²) in [6, 6.07) is 5.14. The largest absolute Gasteiger partial charge is 0.497 e. The number of nitrogens with one attached hydrogen (secondary N) is 1. The molecule has 1 aromatic heterocycles. The van der Waals surface area contributed by atoms with Crippen LogP contribution in [0.5, 0.6) is 11.5 Å². The lowest BCUT2D eigenvalue weighted by Crippen LogP contribution is -2.31. The minimum Gasteiger partial charge on any atom is -0.497 e. The van der Waals surface area contributed by atoms with E-state index in [-0.39, 0.29) is 5.78 Å². The third-order valence-electron chi connectivity index (χ3n) is 4.46. The van der Waals surface area contributed by atoms with Crippen molar-refractivity contribution < 1.29 is 14.3 Å². The molecule has 2 aromatic rings. The van der Waals surface area contributed by atoms with Gasteiger partial charge in [-0.15, -0.1) is 0 Å². The molecule has 0 saturated carbocycles. The second-order valence-corrected chi connectivity index (χ2v) is 5.75. The zero-order valence-corrected chi connectivity index (χ0v) is 13.4. The van der Waals surface area contributed by atoms with Crippen LogP contribution >= 0.6 is 0 Å².